The van der Waals surface area contributed by atoms with Gasteiger partial charge in [0.05, 0.1) is 4.92 Å². The maximum absolute atomic E-state index is 10.5. The van der Waals surface area contributed by atoms with Crippen LogP contribution >= 0.6 is 0 Å². The van der Waals surface area contributed by atoms with E-state index in [2.05, 4.69) is 5.32 Å². The van der Waals surface area contributed by atoms with Gasteiger partial charge in [0.25, 0.3) is 5.69 Å². The van der Waals surface area contributed by atoms with E-state index in [1.165, 1.54) is 5.56 Å². The van der Waals surface area contributed by atoms with Crippen LogP contribution in [0.3, 0.4) is 0 Å². The van der Waals surface area contributed by atoms with E-state index < -0.39 is 0 Å². The molecule has 0 radical (unpaired) electrons. The Labute approximate surface area is 89.5 Å². The number of hydrogen-bond donors (Lipinski definition) is 1. The minimum Gasteiger partial charge on any atom is -0.312 e. The maximum atomic E-state index is 10.5. The third-order valence-electron chi connectivity index (χ3n) is 2.29. The molecule has 0 bridgehead atoms. The molecule has 0 aromatic heterocycles. The molecule has 0 saturated carbocycles. The number of fused-ring (bicyclic) bond motifs is 1. The average molecular weight is 208 g/mol. The first-order valence-corrected chi connectivity index (χ1v) is 5.24. The first-order chi connectivity index (χ1) is 7.27. The molecule has 1 N–H and O–H groups in total. The van der Waals surface area contributed by atoms with Crippen molar-refractivity contribution in [3.05, 3.63) is 39.4 Å². The Balaban J connectivity index is 0.000000531. The van der Waals surface area contributed by atoms with Gasteiger partial charge in [-0.15, -0.1) is 0 Å². The summed E-state index contributed by atoms with van der Waals surface area (Å²) < 4.78 is 0. The van der Waals surface area contributed by atoms with E-state index in [-0.39, 0.29) is 10.6 Å². The molecule has 82 valence electrons. The van der Waals surface area contributed by atoms with Gasteiger partial charge < -0.3 is 5.32 Å². The number of nitrogens with one attached hydrogen (secondary N) is 1. The van der Waals surface area contributed by atoms with E-state index in [0.717, 1.165) is 25.1 Å². The number of nitrogens with zero attached hydrogens (tertiary/aromatic N) is 1. The molecule has 1 aliphatic rings. The fourth-order valence-corrected chi connectivity index (χ4v) is 1.58. The van der Waals surface area contributed by atoms with E-state index in [9.17, 15) is 10.1 Å². The monoisotopic (exact) mass is 208 g/mol. The van der Waals surface area contributed by atoms with Crippen LogP contribution in [-0.2, 0) is 13.0 Å². The van der Waals surface area contributed by atoms with Gasteiger partial charge in [-0.05, 0) is 24.1 Å². The van der Waals surface area contributed by atoms with E-state index in [1.807, 2.05) is 19.9 Å². The van der Waals surface area contributed by atoms with E-state index in [1.54, 1.807) is 12.1 Å². The largest absolute Gasteiger partial charge is 0.312 e. The summed E-state index contributed by atoms with van der Waals surface area (Å²) in [6, 6.07) is 5.08. The van der Waals surface area contributed by atoms with Gasteiger partial charge in [-0.3, -0.25) is 10.1 Å². The lowest BCUT2D eigenvalue weighted by atomic mass is 10.0. The molecule has 0 amide bonds. The number of benzene rings is 1. The summed E-state index contributed by atoms with van der Waals surface area (Å²) in [5.74, 6) is 0. The van der Waals surface area contributed by atoms with Crippen molar-refractivity contribution >= 4 is 5.69 Å². The molecule has 1 aromatic carbocycles. The van der Waals surface area contributed by atoms with Crippen LogP contribution in [0.5, 0.6) is 0 Å². The summed E-state index contributed by atoms with van der Waals surface area (Å²) in [6.45, 7) is 5.71. The van der Waals surface area contributed by atoms with Gasteiger partial charge in [0.15, 0.2) is 0 Å². The van der Waals surface area contributed by atoms with E-state index >= 15 is 0 Å². The van der Waals surface area contributed by atoms with Crippen LogP contribution in [0.2, 0.25) is 0 Å². The predicted octanol–water partition coefficient (Wildman–Crippen LogP) is 2.27. The summed E-state index contributed by atoms with van der Waals surface area (Å²) in [5.41, 5.74) is 2.47. The Kier molecular flexibility index (Phi) is 4.24. The second kappa shape index (κ2) is 5.46. The molecule has 1 heterocycles. The predicted molar refractivity (Wildman–Crippen MR) is 59.9 cm³/mol. The van der Waals surface area contributed by atoms with E-state index in [4.69, 9.17) is 0 Å². The molecule has 0 atom stereocenters. The fourth-order valence-electron chi connectivity index (χ4n) is 1.58. The summed E-state index contributed by atoms with van der Waals surface area (Å²) in [6.07, 6.45) is 0.966. The number of hydrogen-bond acceptors (Lipinski definition) is 3. The van der Waals surface area contributed by atoms with Crippen LogP contribution < -0.4 is 5.32 Å². The topological polar surface area (TPSA) is 55.2 Å². The van der Waals surface area contributed by atoms with Gasteiger partial charge in [0.1, 0.15) is 0 Å². The lowest BCUT2D eigenvalue weighted by Gasteiger charge is -2.15. The third-order valence-corrected chi connectivity index (χ3v) is 2.29. The van der Waals surface area contributed by atoms with Crippen LogP contribution in [0.1, 0.15) is 25.0 Å². The number of rotatable bonds is 1. The summed E-state index contributed by atoms with van der Waals surface area (Å²) >= 11 is 0. The van der Waals surface area contributed by atoms with Crippen molar-refractivity contribution in [2.75, 3.05) is 6.54 Å². The van der Waals surface area contributed by atoms with Crippen LogP contribution in [0, 0.1) is 10.1 Å². The summed E-state index contributed by atoms with van der Waals surface area (Å²) in [7, 11) is 0. The second-order valence-corrected chi connectivity index (χ2v) is 3.14. The molecule has 0 saturated heterocycles. The number of non-ortho nitro benzene ring substituents is 1. The summed E-state index contributed by atoms with van der Waals surface area (Å²) in [4.78, 5) is 10.1. The summed E-state index contributed by atoms with van der Waals surface area (Å²) in [5, 5.41) is 13.7. The van der Waals surface area contributed by atoms with Gasteiger partial charge in [-0.1, -0.05) is 19.9 Å². The van der Waals surface area contributed by atoms with Gasteiger partial charge in [-0.2, -0.15) is 0 Å². The first kappa shape index (κ1) is 11.7. The van der Waals surface area contributed by atoms with Crippen LogP contribution in [0.4, 0.5) is 5.69 Å². The highest BCUT2D eigenvalue weighted by atomic mass is 16.6. The lowest BCUT2D eigenvalue weighted by molar-refractivity contribution is -0.384. The van der Waals surface area contributed by atoms with Crippen molar-refractivity contribution in [3.8, 4) is 0 Å². The Hall–Kier alpha value is -1.42. The minimum atomic E-state index is -0.352. The molecule has 2 rings (SSSR count). The first-order valence-electron chi connectivity index (χ1n) is 5.24. The van der Waals surface area contributed by atoms with Crippen molar-refractivity contribution in [2.24, 2.45) is 0 Å². The second-order valence-electron chi connectivity index (χ2n) is 3.14. The quantitative estimate of drug-likeness (QED) is 0.569. The molecule has 1 aliphatic heterocycles. The fraction of sp³-hybridized carbons (Fsp3) is 0.455. The van der Waals surface area contributed by atoms with Gasteiger partial charge in [0, 0.05) is 18.7 Å². The van der Waals surface area contributed by atoms with Crippen molar-refractivity contribution in [2.45, 2.75) is 26.8 Å². The molecular weight excluding hydrogens is 192 g/mol. The SMILES string of the molecule is CC.O=[N+]([O-])c1ccc2c(c1)CNCC2. The molecule has 0 unspecified atom stereocenters. The third kappa shape index (κ3) is 2.76. The number of nitro groups is 1. The molecule has 0 aliphatic carbocycles. The highest BCUT2D eigenvalue weighted by Gasteiger charge is 2.12. The Morgan fingerprint density at radius 1 is 1.33 bits per heavy atom. The number of nitro benzene ring substituents is 1. The zero-order chi connectivity index (χ0) is 11.3. The molecular formula is C11H16N2O2. The Bertz CT molecular complexity index is 350. The van der Waals surface area contributed by atoms with Gasteiger partial charge in [-0.25, -0.2) is 0 Å². The normalized spacial score (nSPS) is 13.5. The molecule has 1 aromatic rings. The zero-order valence-corrected chi connectivity index (χ0v) is 9.12. The highest BCUT2D eigenvalue weighted by Crippen LogP contribution is 2.20. The van der Waals surface area contributed by atoms with Crippen molar-refractivity contribution in [1.82, 2.24) is 5.32 Å². The van der Waals surface area contributed by atoms with Gasteiger partial charge in [0.2, 0.25) is 0 Å². The van der Waals surface area contributed by atoms with Crippen molar-refractivity contribution < 1.29 is 4.92 Å². The van der Waals surface area contributed by atoms with Crippen molar-refractivity contribution in [3.63, 3.8) is 0 Å². The van der Waals surface area contributed by atoms with Crippen LogP contribution in [0.25, 0.3) is 0 Å². The van der Waals surface area contributed by atoms with E-state index in [0.29, 0.717) is 0 Å². The van der Waals surface area contributed by atoms with Crippen LogP contribution in [0.15, 0.2) is 18.2 Å². The molecule has 15 heavy (non-hydrogen) atoms. The minimum absolute atomic E-state index is 0.183. The van der Waals surface area contributed by atoms with Crippen molar-refractivity contribution in [1.29, 1.82) is 0 Å². The molecule has 0 spiro atoms. The zero-order valence-electron chi connectivity index (χ0n) is 9.12. The highest BCUT2D eigenvalue weighted by molar-refractivity contribution is 5.40. The Morgan fingerprint density at radius 2 is 2.07 bits per heavy atom. The van der Waals surface area contributed by atoms with Gasteiger partial charge >= 0.3 is 0 Å². The molecule has 4 heteroatoms. The average Bonchev–Trinajstić information content (AvgIpc) is 2.31. The smallest absolute Gasteiger partial charge is 0.269 e. The maximum Gasteiger partial charge on any atom is 0.269 e. The molecule has 4 nitrogen and oxygen atoms in total. The standard InChI is InChI=1S/C9H10N2O2.C2H6/c12-11(13)9-2-1-7-3-4-10-6-8(7)5-9;1-2/h1-2,5,10H,3-4,6H2;1-2H3. The molecule has 0 fully saturated rings. The van der Waals surface area contributed by atoms with Crippen LogP contribution in [-0.4, -0.2) is 11.5 Å². The lowest BCUT2D eigenvalue weighted by Crippen LogP contribution is -2.23. The Morgan fingerprint density at radius 3 is 2.73 bits per heavy atom.